The van der Waals surface area contributed by atoms with Crippen LogP contribution in [0.25, 0.3) is 22.1 Å². The molecule has 12 heteroatoms. The summed E-state index contributed by atoms with van der Waals surface area (Å²) in [6.45, 7) is 7.49. The summed E-state index contributed by atoms with van der Waals surface area (Å²) in [6, 6.07) is 20.9. The number of rotatable bonds is 9. The van der Waals surface area contributed by atoms with Crippen LogP contribution in [0, 0.1) is 24.0 Å². The van der Waals surface area contributed by atoms with Crippen molar-refractivity contribution in [2.75, 3.05) is 25.4 Å². The van der Waals surface area contributed by atoms with Gasteiger partial charge in [0.25, 0.3) is 11.6 Å². The van der Waals surface area contributed by atoms with Gasteiger partial charge in [0.05, 0.1) is 10.4 Å². The molecule has 0 aliphatic carbocycles. The number of benzene rings is 3. The Hall–Kier alpha value is -4.84. The van der Waals surface area contributed by atoms with E-state index in [-0.39, 0.29) is 29.1 Å². The van der Waals surface area contributed by atoms with Gasteiger partial charge in [0.1, 0.15) is 5.52 Å². The smallest absolute Gasteiger partial charge is 0.273 e. The summed E-state index contributed by atoms with van der Waals surface area (Å²) in [5, 5.41) is 21.9. The molecule has 5 aromatic rings. The van der Waals surface area contributed by atoms with Crippen molar-refractivity contribution < 1.29 is 14.5 Å². The first kappa shape index (κ1) is 31.2. The molecule has 1 fully saturated rings. The van der Waals surface area contributed by atoms with Gasteiger partial charge >= 0.3 is 0 Å². The Labute approximate surface area is 270 Å². The zero-order valence-electron chi connectivity index (χ0n) is 26.0. The number of piperazine rings is 1. The van der Waals surface area contributed by atoms with E-state index in [4.69, 9.17) is 4.98 Å². The highest BCUT2D eigenvalue weighted by molar-refractivity contribution is 7.99. The molecule has 1 aliphatic heterocycles. The van der Waals surface area contributed by atoms with Crippen LogP contribution >= 0.6 is 11.8 Å². The van der Waals surface area contributed by atoms with Gasteiger partial charge in [-0.1, -0.05) is 59.8 Å². The maximum atomic E-state index is 13.2. The number of aryl methyl sites for hydroxylation is 2. The minimum atomic E-state index is -0.474. The molecule has 46 heavy (non-hydrogen) atoms. The standard InChI is InChI=1S/C34H35N7O4S/c1-22-11-14-28-27(18-22)31-32(40(28)21-25-8-5-4-6-9-25)35-34(37-36-31)46-17-7-10-30(42)38-15-16-39(24(3)20-38)33(43)26-13-12-23(2)29(19-26)41(44)45/h4-6,8-9,11-14,18-19,24H,7,10,15-17,20-21H2,1-3H3. The third-order valence-electron chi connectivity index (χ3n) is 8.45. The van der Waals surface area contributed by atoms with Crippen molar-refractivity contribution in [3.8, 4) is 0 Å². The number of thioether (sulfide) groups is 1. The zero-order valence-corrected chi connectivity index (χ0v) is 26.9. The lowest BCUT2D eigenvalue weighted by atomic mass is 10.1. The summed E-state index contributed by atoms with van der Waals surface area (Å²) >= 11 is 1.49. The summed E-state index contributed by atoms with van der Waals surface area (Å²) in [5.74, 6) is 0.443. The SMILES string of the molecule is Cc1ccc2c(c1)c1nnc(SCCCC(=O)N3CCN(C(=O)c4ccc(C)c([N+](=O)[O-])c4)C(C)C3)nc1n2Cc1ccccc1. The number of fused-ring (bicyclic) bond motifs is 3. The van der Waals surface area contributed by atoms with Crippen LogP contribution in [0.5, 0.6) is 0 Å². The van der Waals surface area contributed by atoms with Gasteiger partial charge in [-0.3, -0.25) is 19.7 Å². The van der Waals surface area contributed by atoms with E-state index in [0.717, 1.165) is 27.6 Å². The molecule has 0 saturated carbocycles. The summed E-state index contributed by atoms with van der Waals surface area (Å²) in [4.78, 5) is 45.5. The van der Waals surface area contributed by atoms with Crippen LogP contribution < -0.4 is 0 Å². The van der Waals surface area contributed by atoms with Crippen molar-refractivity contribution in [2.24, 2.45) is 0 Å². The van der Waals surface area contributed by atoms with E-state index in [9.17, 15) is 19.7 Å². The van der Waals surface area contributed by atoms with Crippen molar-refractivity contribution in [1.82, 2.24) is 29.5 Å². The Kier molecular flexibility index (Phi) is 8.98. The van der Waals surface area contributed by atoms with Crippen LogP contribution in [0.2, 0.25) is 0 Å². The van der Waals surface area contributed by atoms with Gasteiger partial charge in [0, 0.05) is 67.0 Å². The maximum absolute atomic E-state index is 13.2. The van der Waals surface area contributed by atoms with Gasteiger partial charge in [-0.2, -0.15) is 0 Å². The number of nitro groups is 1. The minimum absolute atomic E-state index is 0.0402. The van der Waals surface area contributed by atoms with E-state index >= 15 is 0 Å². The lowest BCUT2D eigenvalue weighted by Crippen LogP contribution is -2.55. The Morgan fingerprint density at radius 1 is 1.02 bits per heavy atom. The molecule has 1 unspecified atom stereocenters. The molecule has 3 heterocycles. The van der Waals surface area contributed by atoms with Crippen molar-refractivity contribution in [1.29, 1.82) is 0 Å². The number of nitro benzene ring substituents is 1. The molecule has 2 aromatic heterocycles. The Bertz CT molecular complexity index is 1950. The van der Waals surface area contributed by atoms with E-state index in [1.54, 1.807) is 28.9 Å². The number of carbonyl (C=O) groups is 2. The highest BCUT2D eigenvalue weighted by atomic mass is 32.2. The molecule has 3 aromatic carbocycles. The number of amides is 2. The van der Waals surface area contributed by atoms with Gasteiger partial charge in [0.15, 0.2) is 5.65 Å². The number of aromatic nitrogens is 4. The number of hydrogen-bond acceptors (Lipinski definition) is 8. The monoisotopic (exact) mass is 637 g/mol. The Morgan fingerprint density at radius 2 is 1.83 bits per heavy atom. The molecule has 1 atom stereocenters. The largest absolute Gasteiger partial charge is 0.339 e. The summed E-state index contributed by atoms with van der Waals surface area (Å²) < 4.78 is 2.19. The number of carbonyl (C=O) groups excluding carboxylic acids is 2. The van der Waals surface area contributed by atoms with E-state index in [1.807, 2.05) is 25.1 Å². The van der Waals surface area contributed by atoms with Gasteiger partial charge in [-0.15, -0.1) is 10.2 Å². The third kappa shape index (κ3) is 6.43. The first-order valence-corrected chi connectivity index (χ1v) is 16.3. The quantitative estimate of drug-likeness (QED) is 0.0859. The fraction of sp³-hybridized carbons (Fsp3) is 0.324. The average molecular weight is 638 g/mol. The average Bonchev–Trinajstić information content (AvgIpc) is 3.34. The van der Waals surface area contributed by atoms with Crippen LogP contribution in [0.3, 0.4) is 0 Å². The van der Waals surface area contributed by atoms with Gasteiger partial charge in [-0.05, 0) is 51.0 Å². The number of nitrogens with zero attached hydrogens (tertiary/aromatic N) is 7. The Morgan fingerprint density at radius 3 is 2.59 bits per heavy atom. The second-order valence-electron chi connectivity index (χ2n) is 11.8. The molecule has 1 saturated heterocycles. The predicted molar refractivity (Wildman–Crippen MR) is 178 cm³/mol. The molecular formula is C34H35N7O4S. The normalized spacial score (nSPS) is 15.1. The van der Waals surface area contributed by atoms with Crippen LogP contribution in [0.15, 0.2) is 71.9 Å². The van der Waals surface area contributed by atoms with Crippen LogP contribution in [0.1, 0.15) is 46.8 Å². The maximum Gasteiger partial charge on any atom is 0.273 e. The molecule has 0 bridgehead atoms. The molecule has 0 spiro atoms. The first-order chi connectivity index (χ1) is 22.2. The molecule has 236 valence electrons. The van der Waals surface area contributed by atoms with E-state index in [2.05, 4.69) is 52.0 Å². The van der Waals surface area contributed by atoms with Gasteiger partial charge in [0.2, 0.25) is 11.1 Å². The van der Waals surface area contributed by atoms with Crippen LogP contribution in [0.4, 0.5) is 5.69 Å². The molecule has 6 rings (SSSR count). The topological polar surface area (TPSA) is 127 Å². The van der Waals surface area contributed by atoms with Gasteiger partial charge < -0.3 is 14.4 Å². The Balaban J connectivity index is 1.06. The second-order valence-corrected chi connectivity index (χ2v) is 12.8. The fourth-order valence-corrected chi connectivity index (χ4v) is 6.70. The third-order valence-corrected chi connectivity index (χ3v) is 9.37. The van der Waals surface area contributed by atoms with E-state index < -0.39 is 4.92 Å². The van der Waals surface area contributed by atoms with Crippen molar-refractivity contribution >= 4 is 51.3 Å². The zero-order chi connectivity index (χ0) is 32.4. The minimum Gasteiger partial charge on any atom is -0.339 e. The molecule has 2 amide bonds. The number of hydrogen-bond donors (Lipinski definition) is 0. The lowest BCUT2D eigenvalue weighted by Gasteiger charge is -2.40. The van der Waals surface area contributed by atoms with Gasteiger partial charge in [-0.25, -0.2) is 4.98 Å². The highest BCUT2D eigenvalue weighted by Crippen LogP contribution is 2.29. The molecule has 1 aliphatic rings. The predicted octanol–water partition coefficient (Wildman–Crippen LogP) is 5.80. The van der Waals surface area contributed by atoms with Crippen LogP contribution in [-0.2, 0) is 11.3 Å². The van der Waals surface area contributed by atoms with Crippen molar-refractivity contribution in [3.05, 3.63) is 99.1 Å². The summed E-state index contributed by atoms with van der Waals surface area (Å²) in [6.07, 6.45) is 1.03. The summed E-state index contributed by atoms with van der Waals surface area (Å²) in [5.41, 5.74) is 5.68. The molecule has 0 radical (unpaired) electrons. The molecule has 0 N–H and O–H groups in total. The van der Waals surface area contributed by atoms with Crippen LogP contribution in [-0.4, -0.2) is 77.7 Å². The van der Waals surface area contributed by atoms with Crippen molar-refractivity contribution in [3.63, 3.8) is 0 Å². The van der Waals surface area contributed by atoms with E-state index in [1.165, 1.54) is 23.4 Å². The second kappa shape index (κ2) is 13.3. The first-order valence-electron chi connectivity index (χ1n) is 15.3. The van der Waals surface area contributed by atoms with E-state index in [0.29, 0.717) is 55.5 Å². The molecule has 11 nitrogen and oxygen atoms in total. The fourth-order valence-electron chi connectivity index (χ4n) is 5.98. The van der Waals surface area contributed by atoms with Crippen molar-refractivity contribution in [2.45, 2.75) is 51.4 Å². The molecular weight excluding hydrogens is 602 g/mol. The highest BCUT2D eigenvalue weighted by Gasteiger charge is 2.31. The lowest BCUT2D eigenvalue weighted by molar-refractivity contribution is -0.385. The summed E-state index contributed by atoms with van der Waals surface area (Å²) in [7, 11) is 0.